The van der Waals surface area contributed by atoms with Gasteiger partial charge in [0.05, 0.1) is 15.9 Å². The smallest absolute Gasteiger partial charge is 0.291 e. The van der Waals surface area contributed by atoms with Crippen LogP contribution in [-0.2, 0) is 4.79 Å². The van der Waals surface area contributed by atoms with Gasteiger partial charge in [0.25, 0.3) is 5.69 Å². The fourth-order valence-electron chi connectivity index (χ4n) is 2.06. The van der Waals surface area contributed by atoms with Gasteiger partial charge in [-0.3, -0.25) is 14.9 Å². The fourth-order valence-corrected chi connectivity index (χ4v) is 2.51. The zero-order chi connectivity index (χ0) is 15.4. The molecule has 0 spiro atoms. The first-order valence-electron chi connectivity index (χ1n) is 6.52. The number of aromatic nitrogens is 1. The number of rotatable bonds is 4. The standard InChI is InChI=1S/C12H16BrN5O3/c1-8-9(18(20)21)6-15-12(11(8)13)16-7-10(19)17-4-2-14-3-5-17/h6,14H,2-5,7H2,1H3,(H,15,16). The molecule has 1 aliphatic rings. The van der Waals surface area contributed by atoms with Crippen molar-refractivity contribution in [2.24, 2.45) is 0 Å². The van der Waals surface area contributed by atoms with Crippen LogP contribution in [0.3, 0.4) is 0 Å². The first-order chi connectivity index (χ1) is 10.0. The Morgan fingerprint density at radius 1 is 1.57 bits per heavy atom. The molecule has 0 bridgehead atoms. The van der Waals surface area contributed by atoms with Gasteiger partial charge in [-0.25, -0.2) is 4.98 Å². The van der Waals surface area contributed by atoms with Crippen LogP contribution in [0.15, 0.2) is 10.7 Å². The van der Waals surface area contributed by atoms with Crippen LogP contribution >= 0.6 is 15.9 Å². The molecular weight excluding hydrogens is 342 g/mol. The normalized spacial score (nSPS) is 14.9. The molecule has 21 heavy (non-hydrogen) atoms. The van der Waals surface area contributed by atoms with Crippen LogP contribution in [0.2, 0.25) is 0 Å². The molecule has 2 N–H and O–H groups in total. The topological polar surface area (TPSA) is 100 Å². The summed E-state index contributed by atoms with van der Waals surface area (Å²) in [5.41, 5.74) is 0.424. The number of amides is 1. The summed E-state index contributed by atoms with van der Waals surface area (Å²) in [6.07, 6.45) is 1.19. The summed E-state index contributed by atoms with van der Waals surface area (Å²) in [7, 11) is 0. The molecule has 0 saturated carbocycles. The number of nitrogens with zero attached hydrogens (tertiary/aromatic N) is 3. The van der Waals surface area contributed by atoms with Gasteiger partial charge in [-0.1, -0.05) is 0 Å². The quantitative estimate of drug-likeness (QED) is 0.613. The maximum Gasteiger partial charge on any atom is 0.291 e. The molecule has 1 aromatic rings. The van der Waals surface area contributed by atoms with Gasteiger partial charge in [0.1, 0.15) is 12.0 Å². The lowest BCUT2D eigenvalue weighted by Crippen LogP contribution is -2.48. The van der Waals surface area contributed by atoms with Gasteiger partial charge in [0, 0.05) is 31.7 Å². The van der Waals surface area contributed by atoms with E-state index in [0.29, 0.717) is 28.9 Å². The van der Waals surface area contributed by atoms with Crippen molar-refractivity contribution in [3.63, 3.8) is 0 Å². The van der Waals surface area contributed by atoms with Gasteiger partial charge in [-0.05, 0) is 22.9 Å². The molecule has 2 rings (SSSR count). The summed E-state index contributed by atoms with van der Waals surface area (Å²) in [4.78, 5) is 28.1. The molecule has 0 unspecified atom stereocenters. The molecule has 1 saturated heterocycles. The summed E-state index contributed by atoms with van der Waals surface area (Å²) in [5.74, 6) is 0.419. The molecule has 8 nitrogen and oxygen atoms in total. The summed E-state index contributed by atoms with van der Waals surface area (Å²) in [6, 6.07) is 0. The van der Waals surface area contributed by atoms with Crippen molar-refractivity contribution in [1.82, 2.24) is 15.2 Å². The van der Waals surface area contributed by atoms with Gasteiger partial charge >= 0.3 is 0 Å². The average molecular weight is 358 g/mol. The lowest BCUT2D eigenvalue weighted by atomic mass is 10.2. The van der Waals surface area contributed by atoms with Crippen molar-refractivity contribution in [1.29, 1.82) is 0 Å². The average Bonchev–Trinajstić information content (AvgIpc) is 2.49. The van der Waals surface area contributed by atoms with E-state index >= 15 is 0 Å². The Morgan fingerprint density at radius 2 is 2.24 bits per heavy atom. The number of anilines is 1. The Morgan fingerprint density at radius 3 is 2.86 bits per heavy atom. The van der Waals surface area contributed by atoms with Crippen molar-refractivity contribution < 1.29 is 9.72 Å². The van der Waals surface area contributed by atoms with Crippen LogP contribution in [-0.4, -0.2) is 53.4 Å². The minimum absolute atomic E-state index is 0.0128. The molecule has 1 aliphatic heterocycles. The number of halogens is 1. The second kappa shape index (κ2) is 6.81. The van der Waals surface area contributed by atoms with Crippen LogP contribution in [0.1, 0.15) is 5.56 Å². The summed E-state index contributed by atoms with van der Waals surface area (Å²) in [5, 5.41) is 16.9. The first-order valence-corrected chi connectivity index (χ1v) is 7.32. The van der Waals surface area contributed by atoms with Gasteiger partial charge in [0.2, 0.25) is 5.91 Å². The van der Waals surface area contributed by atoms with E-state index in [1.807, 2.05) is 0 Å². The summed E-state index contributed by atoms with van der Waals surface area (Å²) in [6.45, 7) is 4.72. The van der Waals surface area contributed by atoms with Crippen LogP contribution in [0.4, 0.5) is 11.5 Å². The van der Waals surface area contributed by atoms with E-state index in [4.69, 9.17) is 0 Å². The second-order valence-electron chi connectivity index (χ2n) is 4.67. The highest BCUT2D eigenvalue weighted by molar-refractivity contribution is 9.10. The van der Waals surface area contributed by atoms with E-state index < -0.39 is 4.92 Å². The lowest BCUT2D eigenvalue weighted by molar-refractivity contribution is -0.385. The van der Waals surface area contributed by atoms with E-state index in [2.05, 4.69) is 31.5 Å². The van der Waals surface area contributed by atoms with Crippen LogP contribution in [0.5, 0.6) is 0 Å². The number of piperazine rings is 1. The Kier molecular flexibility index (Phi) is 5.07. The van der Waals surface area contributed by atoms with Crippen LogP contribution in [0, 0.1) is 17.0 Å². The third-order valence-electron chi connectivity index (χ3n) is 3.31. The van der Waals surface area contributed by atoms with E-state index in [-0.39, 0.29) is 18.1 Å². The van der Waals surface area contributed by atoms with Crippen LogP contribution < -0.4 is 10.6 Å². The molecule has 114 valence electrons. The number of nitrogens with one attached hydrogen (secondary N) is 2. The highest BCUT2D eigenvalue weighted by atomic mass is 79.9. The highest BCUT2D eigenvalue weighted by Crippen LogP contribution is 2.30. The van der Waals surface area contributed by atoms with Gasteiger partial charge < -0.3 is 15.5 Å². The number of nitro groups is 1. The minimum atomic E-state index is -0.483. The summed E-state index contributed by atoms with van der Waals surface area (Å²) >= 11 is 3.28. The molecule has 0 aromatic carbocycles. The number of hydrogen-bond donors (Lipinski definition) is 2. The highest BCUT2D eigenvalue weighted by Gasteiger charge is 2.19. The predicted octanol–water partition coefficient (Wildman–Crippen LogP) is 0.904. The molecule has 0 aliphatic carbocycles. The zero-order valence-electron chi connectivity index (χ0n) is 11.6. The summed E-state index contributed by atoms with van der Waals surface area (Å²) < 4.78 is 0.504. The van der Waals surface area contributed by atoms with Gasteiger partial charge in [-0.2, -0.15) is 0 Å². The fraction of sp³-hybridized carbons (Fsp3) is 0.500. The van der Waals surface area contributed by atoms with Crippen LogP contribution in [0.25, 0.3) is 0 Å². The van der Waals surface area contributed by atoms with Crippen molar-refractivity contribution >= 4 is 33.3 Å². The van der Waals surface area contributed by atoms with E-state index in [1.165, 1.54) is 6.20 Å². The molecule has 1 amide bonds. The Bertz CT molecular complexity index is 560. The van der Waals surface area contributed by atoms with Gasteiger partial charge in [-0.15, -0.1) is 0 Å². The molecule has 9 heteroatoms. The van der Waals surface area contributed by atoms with E-state index in [9.17, 15) is 14.9 Å². The first kappa shape index (κ1) is 15.6. The number of carbonyl (C=O) groups excluding carboxylic acids is 1. The number of hydrogen-bond acceptors (Lipinski definition) is 6. The van der Waals surface area contributed by atoms with Crippen molar-refractivity contribution in [2.75, 3.05) is 38.0 Å². The Balaban J connectivity index is 2.01. The largest absolute Gasteiger partial charge is 0.360 e. The SMILES string of the molecule is Cc1c([N+](=O)[O-])cnc(NCC(=O)N2CCNCC2)c1Br. The maximum absolute atomic E-state index is 12.0. The third-order valence-corrected chi connectivity index (χ3v) is 4.28. The third kappa shape index (κ3) is 3.67. The maximum atomic E-state index is 12.0. The monoisotopic (exact) mass is 357 g/mol. The molecule has 1 fully saturated rings. The van der Waals surface area contributed by atoms with Crippen molar-refractivity contribution in [3.8, 4) is 0 Å². The molecule has 0 atom stereocenters. The Hall–Kier alpha value is -1.74. The second-order valence-corrected chi connectivity index (χ2v) is 5.47. The molecular formula is C12H16BrN5O3. The number of pyridine rings is 1. The van der Waals surface area contributed by atoms with Gasteiger partial charge in [0.15, 0.2) is 0 Å². The lowest BCUT2D eigenvalue weighted by Gasteiger charge is -2.27. The molecule has 1 aromatic heterocycles. The predicted molar refractivity (Wildman–Crippen MR) is 81.3 cm³/mol. The van der Waals surface area contributed by atoms with Crippen molar-refractivity contribution in [3.05, 3.63) is 26.3 Å². The Labute approximate surface area is 130 Å². The molecule has 0 radical (unpaired) electrons. The minimum Gasteiger partial charge on any atom is -0.360 e. The van der Waals surface area contributed by atoms with E-state index in [1.54, 1.807) is 11.8 Å². The van der Waals surface area contributed by atoms with E-state index in [0.717, 1.165) is 13.1 Å². The molecule has 2 heterocycles. The van der Waals surface area contributed by atoms with Crippen molar-refractivity contribution in [2.45, 2.75) is 6.92 Å². The number of carbonyl (C=O) groups is 1. The zero-order valence-corrected chi connectivity index (χ0v) is 13.1.